The van der Waals surface area contributed by atoms with Gasteiger partial charge in [-0.25, -0.2) is 9.50 Å². The third-order valence-corrected chi connectivity index (χ3v) is 2.52. The first-order valence-corrected chi connectivity index (χ1v) is 5.27. The maximum absolute atomic E-state index is 5.91. The Morgan fingerprint density at radius 3 is 3.00 bits per heavy atom. The molecule has 3 rings (SSSR count). The lowest BCUT2D eigenvalue weighted by Gasteiger charge is -1.97. The van der Waals surface area contributed by atoms with Gasteiger partial charge in [0.2, 0.25) is 0 Å². The van der Waals surface area contributed by atoms with E-state index in [0.717, 1.165) is 11.1 Å². The summed E-state index contributed by atoms with van der Waals surface area (Å²) in [7, 11) is 0. The molecule has 0 aromatic carbocycles. The largest absolute Gasteiger partial charge is 0.396 e. The Labute approximate surface area is 97.9 Å². The Morgan fingerprint density at radius 1 is 1.35 bits per heavy atom. The van der Waals surface area contributed by atoms with Crippen LogP contribution in [-0.2, 0) is 0 Å². The number of fused-ring (bicyclic) bond motifs is 1. The van der Waals surface area contributed by atoms with Crippen molar-refractivity contribution in [2.24, 2.45) is 0 Å². The van der Waals surface area contributed by atoms with E-state index in [9.17, 15) is 0 Å². The highest BCUT2D eigenvalue weighted by Gasteiger charge is 2.08. The summed E-state index contributed by atoms with van der Waals surface area (Å²) in [6.07, 6.45) is 5.36. The zero-order valence-electron chi connectivity index (χ0n) is 9.33. The molecule has 0 aliphatic rings. The highest BCUT2D eigenvalue weighted by Crippen LogP contribution is 2.18. The molecule has 3 heterocycles. The fourth-order valence-corrected chi connectivity index (χ4v) is 1.77. The van der Waals surface area contributed by atoms with Crippen molar-refractivity contribution in [1.29, 1.82) is 0 Å². The van der Waals surface area contributed by atoms with Gasteiger partial charge in [0.1, 0.15) is 0 Å². The molecule has 0 amide bonds. The monoisotopic (exact) mass is 225 g/mol. The van der Waals surface area contributed by atoms with Crippen molar-refractivity contribution in [2.75, 3.05) is 5.73 Å². The molecule has 0 atom stereocenters. The van der Waals surface area contributed by atoms with Gasteiger partial charge < -0.3 is 5.73 Å². The van der Waals surface area contributed by atoms with Gasteiger partial charge in [0, 0.05) is 24.2 Å². The van der Waals surface area contributed by atoms with Crippen molar-refractivity contribution in [3.63, 3.8) is 0 Å². The molecule has 3 aromatic rings. The summed E-state index contributed by atoms with van der Waals surface area (Å²) in [6, 6.07) is 5.66. The Kier molecular flexibility index (Phi) is 2.04. The third kappa shape index (κ3) is 1.61. The number of pyridine rings is 2. The van der Waals surface area contributed by atoms with E-state index in [-0.39, 0.29) is 0 Å². The smallest absolute Gasteiger partial charge is 0.183 e. The summed E-state index contributed by atoms with van der Waals surface area (Å²) in [6.45, 7) is 1.97. The number of nitrogen functional groups attached to an aromatic ring is 1. The van der Waals surface area contributed by atoms with Crippen LogP contribution in [0.5, 0.6) is 0 Å². The normalized spacial score (nSPS) is 10.9. The van der Waals surface area contributed by atoms with Crippen LogP contribution in [0.3, 0.4) is 0 Å². The van der Waals surface area contributed by atoms with Crippen LogP contribution in [0.15, 0.2) is 36.8 Å². The minimum Gasteiger partial charge on any atom is -0.396 e. The van der Waals surface area contributed by atoms with Gasteiger partial charge in [-0.05, 0) is 30.7 Å². The number of aromatic nitrogens is 4. The molecule has 5 heteroatoms. The second-order valence-electron chi connectivity index (χ2n) is 3.92. The Balaban J connectivity index is 2.24. The summed E-state index contributed by atoms with van der Waals surface area (Å²) in [4.78, 5) is 8.46. The molecule has 0 aliphatic heterocycles. The number of nitrogens with two attached hydrogens (primary N) is 1. The van der Waals surface area contributed by atoms with Crippen LogP contribution in [0.1, 0.15) is 5.56 Å². The average molecular weight is 225 g/mol. The van der Waals surface area contributed by atoms with Crippen LogP contribution in [0.25, 0.3) is 17.0 Å². The summed E-state index contributed by atoms with van der Waals surface area (Å²) in [5.74, 6) is 0.635. The lowest BCUT2D eigenvalue weighted by molar-refractivity contribution is 0.957. The molecule has 3 aromatic heterocycles. The SMILES string of the molecule is Cc1cc(N)c2nc(-c3cccnc3)nn2c1. The average Bonchev–Trinajstić information content (AvgIpc) is 2.74. The third-order valence-electron chi connectivity index (χ3n) is 2.52. The highest BCUT2D eigenvalue weighted by atomic mass is 15.3. The summed E-state index contributed by atoms with van der Waals surface area (Å²) in [5.41, 5.74) is 9.15. The van der Waals surface area contributed by atoms with E-state index in [0.29, 0.717) is 17.2 Å². The molecule has 0 bridgehead atoms. The predicted octanol–water partition coefficient (Wildman–Crippen LogP) is 1.68. The van der Waals surface area contributed by atoms with E-state index in [1.54, 1.807) is 16.9 Å². The molecule has 84 valence electrons. The number of aryl methyl sites for hydroxylation is 1. The van der Waals surface area contributed by atoms with Gasteiger partial charge in [-0.3, -0.25) is 4.98 Å². The van der Waals surface area contributed by atoms with E-state index in [4.69, 9.17) is 5.73 Å². The van der Waals surface area contributed by atoms with E-state index in [1.165, 1.54) is 0 Å². The number of hydrogen-bond acceptors (Lipinski definition) is 4. The van der Waals surface area contributed by atoms with Gasteiger partial charge in [-0.2, -0.15) is 0 Å². The van der Waals surface area contributed by atoms with Crippen LogP contribution < -0.4 is 5.73 Å². The van der Waals surface area contributed by atoms with Crippen LogP contribution in [0.4, 0.5) is 5.69 Å². The van der Waals surface area contributed by atoms with E-state index in [2.05, 4.69) is 15.1 Å². The Morgan fingerprint density at radius 2 is 2.24 bits per heavy atom. The summed E-state index contributed by atoms with van der Waals surface area (Å²) in [5, 5.41) is 4.39. The molecular weight excluding hydrogens is 214 g/mol. The van der Waals surface area contributed by atoms with Gasteiger partial charge in [-0.1, -0.05) is 0 Å². The Bertz CT molecular complexity index is 672. The van der Waals surface area contributed by atoms with Crippen molar-refractivity contribution in [3.8, 4) is 11.4 Å². The maximum atomic E-state index is 5.91. The minimum atomic E-state index is 0.632. The van der Waals surface area contributed by atoms with Crippen molar-refractivity contribution in [1.82, 2.24) is 19.6 Å². The number of anilines is 1. The van der Waals surface area contributed by atoms with Gasteiger partial charge in [0.15, 0.2) is 11.5 Å². The second-order valence-corrected chi connectivity index (χ2v) is 3.92. The number of nitrogens with zero attached hydrogens (tertiary/aromatic N) is 4. The molecule has 5 nitrogen and oxygen atoms in total. The molecule has 0 spiro atoms. The summed E-state index contributed by atoms with van der Waals surface area (Å²) < 4.78 is 1.70. The topological polar surface area (TPSA) is 69.1 Å². The maximum Gasteiger partial charge on any atom is 0.183 e. The molecule has 0 aliphatic carbocycles. The van der Waals surface area contributed by atoms with Gasteiger partial charge in [0.05, 0.1) is 5.69 Å². The van der Waals surface area contributed by atoms with E-state index >= 15 is 0 Å². The number of hydrogen-bond donors (Lipinski definition) is 1. The van der Waals surface area contributed by atoms with Crippen LogP contribution in [0, 0.1) is 6.92 Å². The van der Waals surface area contributed by atoms with E-state index < -0.39 is 0 Å². The van der Waals surface area contributed by atoms with Crippen molar-refractivity contribution in [3.05, 3.63) is 42.4 Å². The lowest BCUT2D eigenvalue weighted by atomic mass is 10.3. The van der Waals surface area contributed by atoms with Gasteiger partial charge in [-0.15, -0.1) is 5.10 Å². The minimum absolute atomic E-state index is 0.632. The van der Waals surface area contributed by atoms with Gasteiger partial charge in [0.25, 0.3) is 0 Å². The van der Waals surface area contributed by atoms with Gasteiger partial charge >= 0.3 is 0 Å². The van der Waals surface area contributed by atoms with Crippen molar-refractivity contribution in [2.45, 2.75) is 6.92 Å². The molecule has 17 heavy (non-hydrogen) atoms. The molecule has 0 fully saturated rings. The molecule has 2 N–H and O–H groups in total. The van der Waals surface area contributed by atoms with Crippen molar-refractivity contribution >= 4 is 11.3 Å². The molecule has 0 unspecified atom stereocenters. The predicted molar refractivity (Wildman–Crippen MR) is 65.4 cm³/mol. The van der Waals surface area contributed by atoms with Crippen LogP contribution in [-0.4, -0.2) is 19.6 Å². The molecule has 0 saturated heterocycles. The fourth-order valence-electron chi connectivity index (χ4n) is 1.77. The first-order chi connectivity index (χ1) is 8.24. The van der Waals surface area contributed by atoms with E-state index in [1.807, 2.05) is 31.3 Å². The lowest BCUT2D eigenvalue weighted by Crippen LogP contribution is -1.94. The molecule has 0 radical (unpaired) electrons. The fraction of sp³-hybridized carbons (Fsp3) is 0.0833. The summed E-state index contributed by atoms with van der Waals surface area (Å²) >= 11 is 0. The first-order valence-electron chi connectivity index (χ1n) is 5.27. The number of rotatable bonds is 1. The zero-order chi connectivity index (χ0) is 11.8. The zero-order valence-corrected chi connectivity index (χ0v) is 9.33. The standard InChI is InChI=1S/C12H11N5/c1-8-5-10(13)12-15-11(16-17(12)7-8)9-3-2-4-14-6-9/h2-7H,13H2,1H3. The molecular formula is C12H11N5. The van der Waals surface area contributed by atoms with Crippen molar-refractivity contribution < 1.29 is 0 Å². The van der Waals surface area contributed by atoms with Crippen LogP contribution in [0.2, 0.25) is 0 Å². The highest BCUT2D eigenvalue weighted by molar-refractivity contribution is 5.68. The quantitative estimate of drug-likeness (QED) is 0.684. The Hall–Kier alpha value is -2.43. The molecule has 0 saturated carbocycles. The first kappa shape index (κ1) is 9.77. The van der Waals surface area contributed by atoms with Crippen LogP contribution >= 0.6 is 0 Å². The second kappa shape index (κ2) is 3.55.